The van der Waals surface area contributed by atoms with Gasteiger partial charge in [-0.05, 0) is 104 Å². The predicted octanol–water partition coefficient (Wildman–Crippen LogP) is 4.95. The molecule has 1 saturated carbocycles. The molecule has 6 aliphatic rings. The number of nitrogens with one attached hydrogen (secondary N) is 2. The highest BCUT2D eigenvalue weighted by Gasteiger charge is 2.39. The molecule has 2 aromatic carbocycles. The van der Waals surface area contributed by atoms with E-state index < -0.39 is 6.04 Å². The molecule has 12 heteroatoms. The van der Waals surface area contributed by atoms with E-state index in [4.69, 9.17) is 21.6 Å². The van der Waals surface area contributed by atoms with Crippen molar-refractivity contribution in [1.29, 1.82) is 5.26 Å². The largest absolute Gasteiger partial charge is 0.490 e. The number of fused-ring (bicyclic) bond motifs is 1. The lowest BCUT2D eigenvalue weighted by Crippen LogP contribution is -2.52. The third-order valence-electron chi connectivity index (χ3n) is 11.4. The lowest BCUT2D eigenvalue weighted by molar-refractivity contribution is -0.136. The molecule has 11 nitrogen and oxygen atoms in total. The number of carbonyl (C=O) groups excluding carboxylic acids is 3. The van der Waals surface area contributed by atoms with Crippen LogP contribution in [0.1, 0.15) is 78.4 Å². The molecule has 270 valence electrons. The summed E-state index contributed by atoms with van der Waals surface area (Å²) >= 11 is 6.22. The van der Waals surface area contributed by atoms with Gasteiger partial charge in [0.1, 0.15) is 23.7 Å². The van der Waals surface area contributed by atoms with Gasteiger partial charge in [0.15, 0.2) is 0 Å². The Balaban J connectivity index is 0.785. The van der Waals surface area contributed by atoms with Gasteiger partial charge >= 0.3 is 0 Å². The summed E-state index contributed by atoms with van der Waals surface area (Å²) in [6, 6.07) is 13.1. The van der Waals surface area contributed by atoms with Crippen molar-refractivity contribution in [3.63, 3.8) is 0 Å². The first-order chi connectivity index (χ1) is 25.3. The molecule has 2 N–H and O–H groups in total. The van der Waals surface area contributed by atoms with Gasteiger partial charge in [-0.25, -0.2) is 0 Å². The summed E-state index contributed by atoms with van der Waals surface area (Å²) < 4.78 is 6.24. The first-order valence-electron chi connectivity index (χ1n) is 18.5. The van der Waals surface area contributed by atoms with Crippen LogP contribution in [-0.2, 0) is 16.1 Å². The number of imide groups is 1. The number of hydrogen-bond acceptors (Lipinski definition) is 9. The number of piperidine rings is 2. The molecule has 0 spiro atoms. The van der Waals surface area contributed by atoms with Crippen LogP contribution < -0.4 is 15.5 Å². The average molecular weight is 722 g/mol. The number of nitrogens with zero attached hydrogens (tertiary/aromatic N) is 5. The zero-order chi connectivity index (χ0) is 35.8. The second-order valence-corrected chi connectivity index (χ2v) is 15.3. The Bertz CT molecular complexity index is 1880. The molecule has 0 radical (unpaired) electrons. The van der Waals surface area contributed by atoms with Crippen LogP contribution in [0.15, 0.2) is 66.1 Å². The minimum absolute atomic E-state index is 0.134. The van der Waals surface area contributed by atoms with Gasteiger partial charge in [0.25, 0.3) is 5.91 Å². The lowest BCUT2D eigenvalue weighted by Gasteiger charge is -2.46. The number of hydrazine groups is 1. The number of hydrogen-bond donors (Lipinski definition) is 2. The van der Waals surface area contributed by atoms with Crippen LogP contribution in [0.5, 0.6) is 5.75 Å². The van der Waals surface area contributed by atoms with Crippen molar-refractivity contribution in [3.8, 4) is 11.8 Å². The third kappa shape index (κ3) is 7.14. The fourth-order valence-electron chi connectivity index (χ4n) is 8.61. The average Bonchev–Trinajstić information content (AvgIpc) is 3.46. The molecular weight excluding hydrogens is 678 g/mol. The van der Waals surface area contributed by atoms with E-state index in [1.54, 1.807) is 17.0 Å². The van der Waals surface area contributed by atoms with Gasteiger partial charge in [0.2, 0.25) is 11.8 Å². The maximum atomic E-state index is 13.1. The van der Waals surface area contributed by atoms with Gasteiger partial charge in [-0.1, -0.05) is 23.7 Å². The van der Waals surface area contributed by atoms with Gasteiger partial charge in [-0.3, -0.25) is 29.6 Å². The Morgan fingerprint density at radius 1 is 0.962 bits per heavy atom. The molecule has 2 aromatic rings. The topological polar surface area (TPSA) is 121 Å². The van der Waals surface area contributed by atoms with Crippen molar-refractivity contribution in [1.82, 2.24) is 30.5 Å². The van der Waals surface area contributed by atoms with E-state index in [-0.39, 0.29) is 30.2 Å². The highest BCUT2D eigenvalue weighted by atomic mass is 35.5. The summed E-state index contributed by atoms with van der Waals surface area (Å²) in [5, 5.41) is 14.3. The van der Waals surface area contributed by atoms with Crippen LogP contribution in [0, 0.1) is 17.2 Å². The van der Waals surface area contributed by atoms with E-state index in [2.05, 4.69) is 55.9 Å². The second-order valence-electron chi connectivity index (χ2n) is 14.9. The molecule has 0 bridgehead atoms. The Labute approximate surface area is 309 Å². The van der Waals surface area contributed by atoms with Crippen molar-refractivity contribution in [2.75, 3.05) is 32.7 Å². The fraction of sp³-hybridized carbons (Fsp3) is 0.450. The Kier molecular flexibility index (Phi) is 9.68. The van der Waals surface area contributed by atoms with E-state index in [9.17, 15) is 14.4 Å². The summed E-state index contributed by atoms with van der Waals surface area (Å²) in [6.07, 6.45) is 15.7. The number of ether oxygens (including phenoxy) is 1. The number of halogens is 1. The van der Waals surface area contributed by atoms with Crippen LogP contribution in [0.3, 0.4) is 0 Å². The van der Waals surface area contributed by atoms with Gasteiger partial charge in [-0.2, -0.15) is 5.26 Å². The zero-order valence-corrected chi connectivity index (χ0v) is 30.0. The number of allylic oxidation sites excluding steroid dienone is 2. The van der Waals surface area contributed by atoms with Crippen LogP contribution in [-0.4, -0.2) is 88.3 Å². The monoisotopic (exact) mass is 721 g/mol. The molecule has 8 rings (SSSR count). The summed E-state index contributed by atoms with van der Waals surface area (Å²) in [5.41, 5.74) is 8.07. The van der Waals surface area contributed by atoms with Crippen molar-refractivity contribution in [3.05, 3.63) is 93.4 Å². The van der Waals surface area contributed by atoms with Gasteiger partial charge in [0.05, 0.1) is 22.7 Å². The van der Waals surface area contributed by atoms with Crippen molar-refractivity contribution >= 4 is 35.4 Å². The predicted molar refractivity (Wildman–Crippen MR) is 196 cm³/mol. The van der Waals surface area contributed by atoms with Crippen molar-refractivity contribution in [2.45, 2.75) is 76.1 Å². The Morgan fingerprint density at radius 2 is 1.77 bits per heavy atom. The summed E-state index contributed by atoms with van der Waals surface area (Å²) in [5.74, 6) is 1.87. The zero-order valence-electron chi connectivity index (χ0n) is 29.2. The lowest BCUT2D eigenvalue weighted by atomic mass is 9.91. The highest BCUT2D eigenvalue weighted by Crippen LogP contribution is 2.34. The summed E-state index contributed by atoms with van der Waals surface area (Å²) in [4.78, 5) is 43.7. The minimum atomic E-state index is -0.590. The SMILES string of the molecule is N#Cc1ccc(OC2CCC(N3NC=CC=C3N3CCC(CN4CC(=Cc5ccc6c(c5)CN(C5CCC(=O)NC5=O)C6=O)C4)CC3)CC2)cc1Cl. The third-order valence-corrected chi connectivity index (χ3v) is 11.7. The number of likely N-dealkylation sites (tertiary alicyclic amines) is 2. The fourth-order valence-corrected chi connectivity index (χ4v) is 8.82. The molecule has 5 aliphatic heterocycles. The highest BCUT2D eigenvalue weighted by molar-refractivity contribution is 6.31. The quantitative estimate of drug-likeness (QED) is 0.365. The first kappa shape index (κ1) is 34.3. The van der Waals surface area contributed by atoms with Gasteiger partial charge in [0, 0.05) is 63.5 Å². The molecule has 1 unspecified atom stereocenters. The second kappa shape index (κ2) is 14.7. The molecule has 52 heavy (non-hydrogen) atoms. The standard InChI is InChI=1S/C40H44ClN7O4/c41-35-20-33(7-4-29(35)21-42)52-32-8-5-31(6-9-32)48-38(2-1-15-43-48)46-16-13-26(14-17-46)22-45-23-28(24-45)18-27-3-10-34-30(19-27)25-47(40(34)51)36-11-12-37(49)44-39(36)50/h1-4,7,10,15,18-20,26,31-32,36,43H,5-6,8-9,11-14,16-17,22-25H2,(H,44,49,50). The van der Waals surface area contributed by atoms with Crippen LogP contribution in [0.25, 0.3) is 6.08 Å². The number of benzene rings is 2. The first-order valence-corrected chi connectivity index (χ1v) is 18.9. The minimum Gasteiger partial charge on any atom is -0.490 e. The van der Waals surface area contributed by atoms with Crippen LogP contribution in [0.2, 0.25) is 5.02 Å². The molecule has 1 aliphatic carbocycles. The van der Waals surface area contributed by atoms with E-state index in [0.29, 0.717) is 41.1 Å². The molecule has 3 saturated heterocycles. The maximum Gasteiger partial charge on any atom is 0.255 e. The smallest absolute Gasteiger partial charge is 0.255 e. The van der Waals surface area contributed by atoms with E-state index in [1.807, 2.05) is 24.4 Å². The molecule has 3 amide bonds. The number of rotatable bonds is 8. The molecule has 4 fully saturated rings. The van der Waals surface area contributed by atoms with Gasteiger partial charge in [-0.15, -0.1) is 0 Å². The van der Waals surface area contributed by atoms with Crippen LogP contribution >= 0.6 is 11.6 Å². The maximum absolute atomic E-state index is 13.1. The molecule has 5 heterocycles. The number of nitriles is 1. The molecule has 1 atom stereocenters. The van der Waals surface area contributed by atoms with Crippen molar-refractivity contribution < 1.29 is 19.1 Å². The Morgan fingerprint density at radius 3 is 2.52 bits per heavy atom. The van der Waals surface area contributed by atoms with E-state index >= 15 is 0 Å². The van der Waals surface area contributed by atoms with Crippen LogP contribution in [0.4, 0.5) is 0 Å². The summed E-state index contributed by atoms with van der Waals surface area (Å²) in [6.45, 7) is 5.53. The molecular formula is C40H44ClN7O4. The molecule has 0 aromatic heterocycles. The summed E-state index contributed by atoms with van der Waals surface area (Å²) in [7, 11) is 0. The normalized spacial score (nSPS) is 25.2. The van der Waals surface area contributed by atoms with E-state index in [1.165, 1.54) is 24.2 Å². The Hall–Kier alpha value is -4.79. The van der Waals surface area contributed by atoms with Crippen molar-refractivity contribution in [2.24, 2.45) is 5.92 Å². The van der Waals surface area contributed by atoms with E-state index in [0.717, 1.165) is 75.3 Å². The van der Waals surface area contributed by atoms with Gasteiger partial charge < -0.3 is 20.0 Å². The number of amides is 3. The number of carbonyl (C=O) groups is 3.